The minimum atomic E-state index is -1.80. The maximum absolute atomic E-state index is 14.4. The molecule has 304 valence electrons. The highest BCUT2D eigenvalue weighted by atomic mass is 16.7. The Kier molecular flexibility index (Phi) is 15.1. The van der Waals surface area contributed by atoms with Crippen LogP contribution in [0.25, 0.3) is 0 Å². The summed E-state index contributed by atoms with van der Waals surface area (Å²) in [6.07, 6.45) is 0.200. The van der Waals surface area contributed by atoms with Crippen molar-refractivity contribution in [2.45, 2.75) is 136 Å². The van der Waals surface area contributed by atoms with E-state index in [4.69, 9.17) is 23.7 Å². The van der Waals surface area contributed by atoms with Crippen molar-refractivity contribution < 1.29 is 48.3 Å². The van der Waals surface area contributed by atoms with Crippen LogP contribution in [-0.4, -0.2) is 125 Å². The number of fused-ring (bicyclic) bond motifs is 5. The molecule has 1 aromatic heterocycles. The van der Waals surface area contributed by atoms with Crippen LogP contribution >= 0.6 is 0 Å². The number of ether oxygens (including phenoxy) is 5. The van der Waals surface area contributed by atoms with Crippen LogP contribution in [-0.2, 0) is 38.1 Å². The van der Waals surface area contributed by atoms with Gasteiger partial charge in [-0.15, -0.1) is 0 Å². The molecule has 4 rings (SSSR count). The third-order valence-corrected chi connectivity index (χ3v) is 11.3. The second-order valence-corrected chi connectivity index (χ2v) is 16.2. The molecule has 1 amide bonds. The molecule has 3 aliphatic heterocycles. The first-order chi connectivity index (χ1) is 25.8. The molecule has 55 heavy (non-hydrogen) atoms. The van der Waals surface area contributed by atoms with E-state index in [1.54, 1.807) is 45.3 Å². The summed E-state index contributed by atoms with van der Waals surface area (Å²) in [6, 6.07) is 3.33. The van der Waals surface area contributed by atoms with Gasteiger partial charge in [-0.2, -0.15) is 0 Å². The molecule has 0 aliphatic carbocycles. The summed E-state index contributed by atoms with van der Waals surface area (Å²) in [6.45, 7) is 15.2. The monoisotopic (exact) mass is 767 g/mol. The third kappa shape index (κ3) is 10.5. The number of esters is 1. The molecule has 2 N–H and O–H groups in total. The Hall–Kier alpha value is -3.35. The summed E-state index contributed by atoms with van der Waals surface area (Å²) in [5.74, 6) is 1.05. The lowest BCUT2D eigenvalue weighted by atomic mass is 9.73. The maximum atomic E-state index is 14.4. The van der Waals surface area contributed by atoms with Crippen molar-refractivity contribution >= 4 is 23.4 Å². The van der Waals surface area contributed by atoms with E-state index in [-0.39, 0.29) is 38.2 Å². The lowest BCUT2D eigenvalue weighted by Gasteiger charge is -2.47. The van der Waals surface area contributed by atoms with Gasteiger partial charge in [0.15, 0.2) is 12.1 Å². The average molecular weight is 768 g/mol. The Morgan fingerprint density at radius 3 is 2.47 bits per heavy atom. The molecular weight excluding hydrogens is 706 g/mol. The smallest absolute Gasteiger partial charge is 0.316 e. The molecule has 5 unspecified atom stereocenters. The number of Topliss-reactive ketones (excluding diaryl/α,β-unsaturated/α-hetero) is 1. The Morgan fingerprint density at radius 1 is 1.15 bits per heavy atom. The van der Waals surface area contributed by atoms with E-state index in [1.807, 2.05) is 52.8 Å². The predicted molar refractivity (Wildman–Crippen MR) is 206 cm³/mol. The van der Waals surface area contributed by atoms with Gasteiger partial charge in [-0.05, 0) is 90.8 Å². The van der Waals surface area contributed by atoms with E-state index < -0.39 is 83.2 Å². The number of aromatic nitrogens is 1. The average Bonchev–Trinajstić information content (AvgIpc) is 3.14. The maximum Gasteiger partial charge on any atom is 0.316 e. The minimum Gasteiger partial charge on any atom is -0.459 e. The Morgan fingerprint density at radius 2 is 1.85 bits per heavy atom. The fourth-order valence-corrected chi connectivity index (χ4v) is 8.32. The number of hydrogen-bond acceptors (Lipinski definition) is 12. The molecule has 3 fully saturated rings. The van der Waals surface area contributed by atoms with Gasteiger partial charge in [0.1, 0.15) is 23.7 Å². The summed E-state index contributed by atoms with van der Waals surface area (Å²) in [5, 5.41) is 24.0. The fourth-order valence-electron chi connectivity index (χ4n) is 8.32. The number of aliphatic hydroxyl groups excluding tert-OH is 1. The van der Waals surface area contributed by atoms with Crippen molar-refractivity contribution in [2.24, 2.45) is 28.7 Å². The van der Waals surface area contributed by atoms with Gasteiger partial charge in [-0.3, -0.25) is 19.4 Å². The lowest BCUT2D eigenvalue weighted by Crippen LogP contribution is -2.60. The van der Waals surface area contributed by atoms with E-state index in [1.165, 1.54) is 13.8 Å². The molecule has 13 nitrogen and oxygen atoms in total. The lowest BCUT2D eigenvalue weighted by molar-refractivity contribution is -0.296. The number of allylic oxidation sites excluding steroid dienone is 1. The number of ketones is 1. The van der Waals surface area contributed by atoms with Crippen LogP contribution in [0.2, 0.25) is 0 Å². The number of nitrogens with zero attached hydrogens (tertiary/aromatic N) is 3. The Balaban J connectivity index is 1.98. The van der Waals surface area contributed by atoms with Crippen molar-refractivity contribution in [3.63, 3.8) is 0 Å². The van der Waals surface area contributed by atoms with Gasteiger partial charge in [0.05, 0.1) is 37.1 Å². The molecular formula is C42H61N3O10. The minimum absolute atomic E-state index is 0.0267. The molecule has 0 saturated carbocycles. The Bertz CT molecular complexity index is 1630. The highest BCUT2D eigenvalue weighted by molar-refractivity contribution is 6.00. The predicted octanol–water partition coefficient (Wildman–Crippen LogP) is 3.92. The first kappa shape index (κ1) is 44.4. The fraction of sp³-hybridized carbons (Fsp3) is 0.690. The van der Waals surface area contributed by atoms with E-state index in [2.05, 4.69) is 21.8 Å². The number of pyridine rings is 1. The van der Waals surface area contributed by atoms with Crippen LogP contribution in [0.3, 0.4) is 0 Å². The number of carbonyl (C=O) groups is 3. The van der Waals surface area contributed by atoms with Gasteiger partial charge >= 0.3 is 5.97 Å². The summed E-state index contributed by atoms with van der Waals surface area (Å²) in [5.41, 5.74) is -1.38. The number of aliphatic hydroxyl groups is 2. The number of likely N-dealkylation sites (N-methyl/N-ethyl adjacent to an activating group) is 1. The number of hydrogen-bond donors (Lipinski definition) is 2. The second kappa shape index (κ2) is 18.7. The third-order valence-electron chi connectivity index (χ3n) is 11.3. The van der Waals surface area contributed by atoms with Crippen LogP contribution in [0.4, 0.5) is 0 Å². The van der Waals surface area contributed by atoms with Crippen molar-refractivity contribution in [3.05, 3.63) is 41.7 Å². The number of cyclic esters (lactones) is 1. The first-order valence-corrected chi connectivity index (χ1v) is 19.4. The molecule has 3 saturated heterocycles. The molecule has 0 spiro atoms. The van der Waals surface area contributed by atoms with E-state index in [0.29, 0.717) is 23.3 Å². The van der Waals surface area contributed by atoms with Gasteiger partial charge in [0, 0.05) is 48.5 Å². The van der Waals surface area contributed by atoms with Crippen LogP contribution in [0, 0.1) is 35.5 Å². The van der Waals surface area contributed by atoms with Gasteiger partial charge in [0.25, 0.3) is 0 Å². The quantitative estimate of drug-likeness (QED) is 0.258. The zero-order chi connectivity index (χ0) is 40.8. The number of aliphatic imine (C=N–C) groups is 1. The van der Waals surface area contributed by atoms with Crippen molar-refractivity contribution in [2.75, 3.05) is 27.3 Å². The molecule has 2 bridgehead atoms. The molecule has 0 radical (unpaired) electrons. The zero-order valence-corrected chi connectivity index (χ0v) is 34.3. The number of amides is 1. The van der Waals surface area contributed by atoms with Gasteiger partial charge in [-0.25, -0.2) is 4.99 Å². The summed E-state index contributed by atoms with van der Waals surface area (Å²) in [4.78, 5) is 51.6. The molecule has 3 aliphatic rings. The summed E-state index contributed by atoms with van der Waals surface area (Å²) in [7, 11) is 3.75. The number of rotatable bonds is 4. The summed E-state index contributed by atoms with van der Waals surface area (Å²) < 4.78 is 32.5. The second-order valence-electron chi connectivity index (χ2n) is 16.2. The van der Waals surface area contributed by atoms with Crippen LogP contribution in [0.1, 0.15) is 87.1 Å². The molecule has 13 atom stereocenters. The highest BCUT2D eigenvalue weighted by Gasteiger charge is 2.53. The van der Waals surface area contributed by atoms with E-state index in [0.717, 1.165) is 0 Å². The molecule has 1 aromatic rings. The van der Waals surface area contributed by atoms with Gasteiger partial charge in [0.2, 0.25) is 5.91 Å². The highest BCUT2D eigenvalue weighted by Crippen LogP contribution is 2.40. The largest absolute Gasteiger partial charge is 0.459 e. The standard InChI is InChI=1S/C42H61N3O10/c1-12-33-42(9,50)38-26(4)34(44-29(7)46)24(2)20-41(8,52-23-31(22-51-38)16-13-15-30-17-14-18-43-21-30)37(27(5)35(47)28(6)39(49)54-33)55-40-36(48)32(45(10)11)19-25(3)53-40/h14,16-18,21,24-28,32-33,36-38,40,48,50H,12,19-20,22-23H2,1-11H3/b31-16-,44-34?/t24?,25-,26?,27+,28-,32+,33+,36?,37?,38?,40+,41-,42-/m1/s1. The van der Waals surface area contributed by atoms with Crippen LogP contribution in [0.5, 0.6) is 0 Å². The van der Waals surface area contributed by atoms with Crippen molar-refractivity contribution in [3.8, 4) is 11.8 Å². The molecule has 13 heteroatoms. The van der Waals surface area contributed by atoms with Gasteiger partial charge in [-0.1, -0.05) is 39.5 Å². The zero-order valence-electron chi connectivity index (χ0n) is 34.3. The van der Waals surface area contributed by atoms with E-state index in [9.17, 15) is 24.6 Å². The van der Waals surface area contributed by atoms with Crippen LogP contribution < -0.4 is 0 Å². The SMILES string of the molecule is CC[C@@H]1OC(=O)[C@H](C)C(=O)[C@H](C)C(O[C@@H]2O[C@H](C)C[C@H](N(C)C)C2O)[C@@]2(C)CC(C)C(=NC(C)=O)C(C)C(OC/C(=C/C#Cc3cccnc3)CO2)[C@]1(C)O. The molecule has 4 heterocycles. The first-order valence-electron chi connectivity index (χ1n) is 19.4. The van der Waals surface area contributed by atoms with Crippen molar-refractivity contribution in [1.29, 1.82) is 0 Å². The van der Waals surface area contributed by atoms with Gasteiger partial charge < -0.3 is 38.8 Å². The van der Waals surface area contributed by atoms with Crippen LogP contribution in [0.15, 0.2) is 41.2 Å². The Labute approximate surface area is 326 Å². The summed E-state index contributed by atoms with van der Waals surface area (Å²) >= 11 is 0. The van der Waals surface area contributed by atoms with E-state index >= 15 is 0 Å². The number of carbonyl (C=O) groups excluding carboxylic acids is 3. The normalized spacial score (nSPS) is 39.7. The topological polar surface area (TPSA) is 166 Å². The van der Waals surface area contributed by atoms with Crippen molar-refractivity contribution in [1.82, 2.24) is 9.88 Å². The molecule has 0 aromatic carbocycles.